The lowest BCUT2D eigenvalue weighted by Crippen LogP contribution is -1.94. The zero-order chi connectivity index (χ0) is 56.7. The summed E-state index contributed by atoms with van der Waals surface area (Å²) in [6, 6.07) is 122. The molecule has 0 radical (unpaired) electrons. The molecule has 17 aromatic carbocycles. The van der Waals surface area contributed by atoms with Crippen LogP contribution in [0.25, 0.3) is 175 Å². The van der Waals surface area contributed by atoms with Gasteiger partial charge in [0.2, 0.25) is 0 Å². The number of hydrogen-bond acceptors (Lipinski definition) is 0. The predicted octanol–water partition coefficient (Wildman–Crippen LogP) is 24.2. The van der Waals surface area contributed by atoms with E-state index < -0.39 is 0 Å². The minimum atomic E-state index is 1.15. The van der Waals surface area contributed by atoms with E-state index in [1.807, 2.05) is 0 Å². The highest BCUT2D eigenvalue weighted by Gasteiger charge is 2.21. The summed E-state index contributed by atoms with van der Waals surface area (Å²) in [5.74, 6) is 0. The molecule has 0 N–H and O–H groups in total. The van der Waals surface area contributed by atoms with E-state index in [1.54, 1.807) is 0 Å². The van der Waals surface area contributed by atoms with E-state index in [1.165, 1.54) is 153 Å². The van der Waals surface area contributed by atoms with Crippen LogP contribution >= 0.6 is 0 Å². The largest absolute Gasteiger partial charge is 0.0616 e. The second kappa shape index (κ2) is 20.3. The van der Waals surface area contributed by atoms with Gasteiger partial charge in [-0.2, -0.15) is 0 Å². The highest BCUT2D eigenvalue weighted by molar-refractivity contribution is 6.17. The zero-order valence-corrected chi connectivity index (χ0v) is 47.2. The molecule has 17 rings (SSSR count). The molecule has 0 unspecified atom stereocenters. The quantitative estimate of drug-likeness (QED) is 0.133. The molecule has 0 aliphatic carbocycles. The van der Waals surface area contributed by atoms with Gasteiger partial charge in [-0.1, -0.05) is 291 Å². The van der Waals surface area contributed by atoms with Crippen LogP contribution in [0.5, 0.6) is 0 Å². The van der Waals surface area contributed by atoms with Gasteiger partial charge in [0.15, 0.2) is 0 Å². The van der Waals surface area contributed by atoms with E-state index in [9.17, 15) is 0 Å². The van der Waals surface area contributed by atoms with Crippen molar-refractivity contribution in [3.63, 3.8) is 0 Å². The highest BCUT2D eigenvalue weighted by atomic mass is 14.2. The predicted molar refractivity (Wildman–Crippen MR) is 370 cm³/mol. The Bertz CT molecular complexity index is 4630. The Morgan fingerprint density at radius 3 is 0.419 bits per heavy atom. The van der Waals surface area contributed by atoms with Crippen molar-refractivity contribution >= 4 is 86.2 Å². The molecular formula is C86H54. The molecule has 0 spiro atoms. The first-order chi connectivity index (χ1) is 42.6. The SMILES string of the molecule is c1ccc2c(-c3ccc(-c4cc(-c5ccc(-c6c7ccccc7cc7ccccc67)cc5)c(-c5ccc(-c6c7ccccc7cc7ccccc67)cc5)cc4-c4ccc(-c5c6ccccc6cc6ccccc56)cc4)cc3)c3ccccc3cc2c1. The van der Waals surface area contributed by atoms with Crippen LogP contribution in [0.4, 0.5) is 0 Å². The minimum absolute atomic E-state index is 1.15. The van der Waals surface area contributed by atoms with Crippen LogP contribution < -0.4 is 0 Å². The molecule has 0 atom stereocenters. The van der Waals surface area contributed by atoms with Crippen molar-refractivity contribution < 1.29 is 0 Å². The van der Waals surface area contributed by atoms with E-state index in [0.29, 0.717) is 0 Å². The Balaban J connectivity index is 0.887. The summed E-state index contributed by atoms with van der Waals surface area (Å²) in [6.45, 7) is 0. The van der Waals surface area contributed by atoms with Gasteiger partial charge < -0.3 is 0 Å². The van der Waals surface area contributed by atoms with E-state index in [2.05, 4.69) is 328 Å². The normalized spacial score (nSPS) is 11.7. The van der Waals surface area contributed by atoms with Crippen molar-refractivity contribution in [3.8, 4) is 89.0 Å². The van der Waals surface area contributed by atoms with Gasteiger partial charge in [0.05, 0.1) is 0 Å². The van der Waals surface area contributed by atoms with Gasteiger partial charge in [0.25, 0.3) is 0 Å². The third kappa shape index (κ3) is 8.29. The van der Waals surface area contributed by atoms with Crippen molar-refractivity contribution in [3.05, 3.63) is 328 Å². The van der Waals surface area contributed by atoms with Gasteiger partial charge in [0.1, 0.15) is 0 Å². The number of hydrogen-bond donors (Lipinski definition) is 0. The molecule has 0 saturated carbocycles. The molecule has 0 saturated heterocycles. The molecule has 0 aliphatic rings. The minimum Gasteiger partial charge on any atom is -0.0616 e. The van der Waals surface area contributed by atoms with Gasteiger partial charge in [-0.15, -0.1) is 0 Å². The second-order valence-electron chi connectivity index (χ2n) is 23.0. The number of fused-ring (bicyclic) bond motifs is 8. The lowest BCUT2D eigenvalue weighted by atomic mass is 9.83. The molecule has 0 heteroatoms. The van der Waals surface area contributed by atoms with Gasteiger partial charge >= 0.3 is 0 Å². The van der Waals surface area contributed by atoms with E-state index in [-0.39, 0.29) is 0 Å². The molecule has 0 nitrogen and oxygen atoms in total. The first kappa shape index (κ1) is 49.4. The molecule has 0 fully saturated rings. The lowest BCUT2D eigenvalue weighted by Gasteiger charge is -2.20. The van der Waals surface area contributed by atoms with Crippen LogP contribution in [-0.2, 0) is 0 Å². The van der Waals surface area contributed by atoms with Crippen molar-refractivity contribution in [1.82, 2.24) is 0 Å². The fourth-order valence-electron chi connectivity index (χ4n) is 14.1. The highest BCUT2D eigenvalue weighted by Crippen LogP contribution is 2.47. The summed E-state index contributed by atoms with van der Waals surface area (Å²) in [4.78, 5) is 0. The third-order valence-corrected chi connectivity index (χ3v) is 18.2. The Labute approximate surface area is 499 Å². The Morgan fingerprint density at radius 2 is 0.256 bits per heavy atom. The second-order valence-corrected chi connectivity index (χ2v) is 23.0. The number of benzene rings is 17. The Hall–Kier alpha value is -11.2. The average molecular weight is 1090 g/mol. The molecule has 0 amide bonds. The van der Waals surface area contributed by atoms with Crippen LogP contribution in [0, 0.1) is 0 Å². The fraction of sp³-hybridized carbons (Fsp3) is 0. The first-order valence-corrected chi connectivity index (χ1v) is 29.9. The van der Waals surface area contributed by atoms with Gasteiger partial charge in [-0.25, -0.2) is 0 Å². The lowest BCUT2D eigenvalue weighted by molar-refractivity contribution is 1.54. The van der Waals surface area contributed by atoms with Gasteiger partial charge in [-0.05, 0) is 212 Å². The monoisotopic (exact) mass is 1090 g/mol. The van der Waals surface area contributed by atoms with Crippen molar-refractivity contribution in [1.29, 1.82) is 0 Å². The molecule has 17 aromatic rings. The summed E-state index contributed by atoms with van der Waals surface area (Å²) in [7, 11) is 0. The standard InChI is InChI=1S/C86H54/c1-9-25-71-63(17-1)49-64-18-2-10-26-72(64)83(71)59-41-33-55(34-42-59)79-53-81(57-37-45-61(46-38-57)85-75-29-13-5-21-67(75)51-68-22-6-14-30-76(68)85)82(58-39-47-62(48-40-58)86-77-31-15-7-23-69(77)52-70-24-8-16-32-78(70)86)54-80(79)56-35-43-60(44-36-56)84-73-27-11-3-19-65(73)50-66-20-4-12-28-74(66)84/h1-54H. The Morgan fingerprint density at radius 1 is 0.116 bits per heavy atom. The molecule has 0 aliphatic heterocycles. The summed E-state index contributed by atoms with van der Waals surface area (Å²) in [5, 5.41) is 20.0. The van der Waals surface area contributed by atoms with Crippen LogP contribution in [0.1, 0.15) is 0 Å². The third-order valence-electron chi connectivity index (χ3n) is 18.2. The van der Waals surface area contributed by atoms with Crippen molar-refractivity contribution in [2.45, 2.75) is 0 Å². The molecule has 398 valence electrons. The molecular weight excluding hydrogens is 1030 g/mol. The zero-order valence-electron chi connectivity index (χ0n) is 47.2. The maximum Gasteiger partial charge on any atom is -0.00268 e. The summed E-state index contributed by atoms with van der Waals surface area (Å²) in [6.07, 6.45) is 0. The first-order valence-electron chi connectivity index (χ1n) is 29.9. The van der Waals surface area contributed by atoms with Crippen LogP contribution in [0.3, 0.4) is 0 Å². The van der Waals surface area contributed by atoms with Gasteiger partial charge in [-0.3, -0.25) is 0 Å². The molecule has 0 bridgehead atoms. The maximum atomic E-state index is 2.48. The molecule has 0 aromatic heterocycles. The maximum absolute atomic E-state index is 2.48. The van der Waals surface area contributed by atoms with Crippen LogP contribution in [-0.4, -0.2) is 0 Å². The number of rotatable bonds is 8. The Kier molecular flexibility index (Phi) is 11.7. The van der Waals surface area contributed by atoms with Crippen LogP contribution in [0.2, 0.25) is 0 Å². The van der Waals surface area contributed by atoms with E-state index in [0.717, 1.165) is 22.3 Å². The van der Waals surface area contributed by atoms with Crippen molar-refractivity contribution in [2.75, 3.05) is 0 Å². The van der Waals surface area contributed by atoms with E-state index in [4.69, 9.17) is 0 Å². The van der Waals surface area contributed by atoms with Crippen molar-refractivity contribution in [2.24, 2.45) is 0 Å². The molecule has 0 heterocycles. The fourth-order valence-corrected chi connectivity index (χ4v) is 14.1. The van der Waals surface area contributed by atoms with E-state index >= 15 is 0 Å². The summed E-state index contributed by atoms with van der Waals surface area (Å²) in [5.41, 5.74) is 19.1. The topological polar surface area (TPSA) is 0 Å². The van der Waals surface area contributed by atoms with Crippen LogP contribution in [0.15, 0.2) is 328 Å². The summed E-state index contributed by atoms with van der Waals surface area (Å²) < 4.78 is 0. The van der Waals surface area contributed by atoms with Gasteiger partial charge in [0, 0.05) is 0 Å². The molecule has 86 heavy (non-hydrogen) atoms. The summed E-state index contributed by atoms with van der Waals surface area (Å²) >= 11 is 0. The average Bonchev–Trinajstić information content (AvgIpc) is 2.55. The smallest absolute Gasteiger partial charge is 0.00268 e.